The largest absolute Gasteiger partial charge is 0.389 e. The van der Waals surface area contributed by atoms with Gasteiger partial charge in [-0.25, -0.2) is 8.42 Å². The van der Waals surface area contributed by atoms with Gasteiger partial charge in [-0.1, -0.05) is 12.1 Å². The Balaban J connectivity index is 2.50. The highest BCUT2D eigenvalue weighted by atomic mass is 32.2. The fraction of sp³-hybridized carbons (Fsp3) is 0.538. The van der Waals surface area contributed by atoms with Gasteiger partial charge in [-0.3, -0.25) is 0 Å². The fourth-order valence-corrected chi connectivity index (χ4v) is 3.65. The Bertz CT molecular complexity index is 462. The van der Waals surface area contributed by atoms with Crippen molar-refractivity contribution in [2.75, 3.05) is 11.5 Å². The van der Waals surface area contributed by atoms with Gasteiger partial charge < -0.3 is 5.11 Å². The Morgan fingerprint density at radius 1 is 1.17 bits per heavy atom. The number of thioether (sulfide) groups is 1. The summed E-state index contributed by atoms with van der Waals surface area (Å²) in [5, 5.41) is 9.06. The van der Waals surface area contributed by atoms with Crippen LogP contribution in [-0.4, -0.2) is 30.3 Å². The zero-order valence-corrected chi connectivity index (χ0v) is 12.6. The van der Waals surface area contributed by atoms with E-state index in [2.05, 4.69) is 0 Å². The van der Waals surface area contributed by atoms with Gasteiger partial charge in [0.15, 0.2) is 9.84 Å². The van der Waals surface area contributed by atoms with E-state index in [1.807, 2.05) is 24.3 Å². The smallest absolute Gasteiger partial charge is 0.153 e. The molecule has 0 fully saturated rings. The molecule has 1 aromatic rings. The molecule has 18 heavy (non-hydrogen) atoms. The summed E-state index contributed by atoms with van der Waals surface area (Å²) in [5.74, 6) is 0.766. The standard InChI is InChI=1S/C13H20O3S2/c1-10(2)18(15,16)9-8-17-13-6-4-12(5-7-13)11(3)14/h4-7,10-11,14H,8-9H2,1-3H3. The molecule has 1 atom stereocenters. The van der Waals surface area contributed by atoms with Gasteiger partial charge in [0.05, 0.1) is 17.1 Å². The van der Waals surface area contributed by atoms with Crippen molar-refractivity contribution in [3.63, 3.8) is 0 Å². The first kappa shape index (κ1) is 15.5. The number of aliphatic hydroxyl groups is 1. The van der Waals surface area contributed by atoms with Crippen molar-refractivity contribution in [3.05, 3.63) is 29.8 Å². The van der Waals surface area contributed by atoms with E-state index in [0.29, 0.717) is 5.75 Å². The van der Waals surface area contributed by atoms with Gasteiger partial charge in [-0.15, -0.1) is 11.8 Å². The van der Waals surface area contributed by atoms with Gasteiger partial charge in [0.25, 0.3) is 0 Å². The van der Waals surface area contributed by atoms with Gasteiger partial charge in [0.2, 0.25) is 0 Å². The summed E-state index contributed by atoms with van der Waals surface area (Å²) in [5.41, 5.74) is 0.870. The Morgan fingerprint density at radius 3 is 2.17 bits per heavy atom. The van der Waals surface area contributed by atoms with Crippen molar-refractivity contribution in [2.45, 2.75) is 37.0 Å². The third-order valence-corrected chi connectivity index (χ3v) is 6.20. The molecule has 5 heteroatoms. The second-order valence-electron chi connectivity index (χ2n) is 4.51. The number of hydrogen-bond donors (Lipinski definition) is 1. The lowest BCUT2D eigenvalue weighted by Gasteiger charge is -2.08. The van der Waals surface area contributed by atoms with Crippen LogP contribution in [0.5, 0.6) is 0 Å². The van der Waals surface area contributed by atoms with E-state index in [9.17, 15) is 13.5 Å². The average Bonchev–Trinajstić information content (AvgIpc) is 2.29. The van der Waals surface area contributed by atoms with Crippen LogP contribution in [0.15, 0.2) is 29.2 Å². The second kappa shape index (κ2) is 6.59. The van der Waals surface area contributed by atoms with Crippen LogP contribution < -0.4 is 0 Å². The molecule has 0 saturated carbocycles. The lowest BCUT2D eigenvalue weighted by atomic mass is 10.1. The van der Waals surface area contributed by atoms with E-state index in [1.54, 1.807) is 20.8 Å². The van der Waals surface area contributed by atoms with Crippen molar-refractivity contribution in [1.29, 1.82) is 0 Å². The van der Waals surface area contributed by atoms with Crippen LogP contribution in [0, 0.1) is 0 Å². The molecular formula is C13H20O3S2. The van der Waals surface area contributed by atoms with Crippen LogP contribution in [0.25, 0.3) is 0 Å². The molecule has 0 aliphatic carbocycles. The SMILES string of the molecule is CC(O)c1ccc(SCCS(=O)(=O)C(C)C)cc1. The summed E-state index contributed by atoms with van der Waals surface area (Å²) in [6, 6.07) is 7.55. The molecule has 0 bridgehead atoms. The number of hydrogen-bond acceptors (Lipinski definition) is 4. The summed E-state index contributed by atoms with van der Waals surface area (Å²) in [6.07, 6.45) is -0.467. The molecular weight excluding hydrogens is 268 g/mol. The van der Waals surface area contributed by atoms with Crippen LogP contribution in [0.1, 0.15) is 32.4 Å². The van der Waals surface area contributed by atoms with Crippen molar-refractivity contribution in [2.24, 2.45) is 0 Å². The van der Waals surface area contributed by atoms with Crippen LogP contribution in [-0.2, 0) is 9.84 Å². The second-order valence-corrected chi connectivity index (χ2v) is 8.35. The normalized spacial score (nSPS) is 13.8. The Labute approximate surface area is 114 Å². The first-order valence-corrected chi connectivity index (χ1v) is 8.65. The Kier molecular flexibility index (Phi) is 5.69. The summed E-state index contributed by atoms with van der Waals surface area (Å²) in [6.45, 7) is 5.13. The molecule has 0 spiro atoms. The van der Waals surface area contributed by atoms with Crippen molar-refractivity contribution in [3.8, 4) is 0 Å². The molecule has 0 aliphatic rings. The van der Waals surface area contributed by atoms with Gasteiger partial charge >= 0.3 is 0 Å². The fourth-order valence-electron chi connectivity index (χ4n) is 1.35. The number of benzene rings is 1. The molecule has 0 heterocycles. The first-order valence-electron chi connectivity index (χ1n) is 5.95. The van der Waals surface area contributed by atoms with Crippen LogP contribution in [0.2, 0.25) is 0 Å². The van der Waals surface area contributed by atoms with Crippen molar-refractivity contribution in [1.82, 2.24) is 0 Å². The monoisotopic (exact) mass is 288 g/mol. The van der Waals surface area contributed by atoms with Crippen LogP contribution in [0.3, 0.4) is 0 Å². The lowest BCUT2D eigenvalue weighted by Crippen LogP contribution is -2.18. The Morgan fingerprint density at radius 2 is 1.72 bits per heavy atom. The predicted molar refractivity (Wildman–Crippen MR) is 76.7 cm³/mol. The third kappa shape index (κ3) is 4.63. The molecule has 0 aromatic heterocycles. The molecule has 102 valence electrons. The van der Waals surface area contributed by atoms with Crippen LogP contribution >= 0.6 is 11.8 Å². The molecule has 1 N–H and O–H groups in total. The van der Waals surface area contributed by atoms with Crippen molar-refractivity contribution >= 4 is 21.6 Å². The van der Waals surface area contributed by atoms with Gasteiger partial charge in [-0.05, 0) is 38.5 Å². The number of aliphatic hydroxyl groups excluding tert-OH is 1. The first-order chi connectivity index (χ1) is 8.33. The highest BCUT2D eigenvalue weighted by molar-refractivity contribution is 8.00. The number of sulfone groups is 1. The Hall–Kier alpha value is -0.520. The van der Waals surface area contributed by atoms with E-state index in [0.717, 1.165) is 10.5 Å². The summed E-state index contributed by atoms with van der Waals surface area (Å²) in [7, 11) is -2.95. The molecule has 0 amide bonds. The highest BCUT2D eigenvalue weighted by Gasteiger charge is 2.15. The van der Waals surface area contributed by atoms with E-state index in [1.165, 1.54) is 11.8 Å². The minimum atomic E-state index is -2.95. The zero-order valence-electron chi connectivity index (χ0n) is 11.0. The maximum absolute atomic E-state index is 11.6. The average molecular weight is 288 g/mol. The summed E-state index contributed by atoms with van der Waals surface area (Å²) >= 11 is 1.52. The summed E-state index contributed by atoms with van der Waals surface area (Å²) < 4.78 is 23.2. The highest BCUT2D eigenvalue weighted by Crippen LogP contribution is 2.21. The quantitative estimate of drug-likeness (QED) is 0.818. The molecule has 1 unspecified atom stereocenters. The predicted octanol–water partition coefficient (Wildman–Crippen LogP) is 2.66. The molecule has 1 rings (SSSR count). The minimum Gasteiger partial charge on any atom is -0.389 e. The van der Waals surface area contributed by atoms with Crippen LogP contribution in [0.4, 0.5) is 0 Å². The maximum Gasteiger partial charge on any atom is 0.153 e. The molecule has 0 saturated heterocycles. The molecule has 0 radical (unpaired) electrons. The molecule has 1 aromatic carbocycles. The molecule has 0 aliphatic heterocycles. The number of rotatable bonds is 6. The van der Waals surface area contributed by atoms with Gasteiger partial charge in [-0.2, -0.15) is 0 Å². The minimum absolute atomic E-state index is 0.202. The van der Waals surface area contributed by atoms with E-state index in [4.69, 9.17) is 0 Å². The van der Waals surface area contributed by atoms with Gasteiger partial charge in [0.1, 0.15) is 0 Å². The van der Waals surface area contributed by atoms with E-state index >= 15 is 0 Å². The van der Waals surface area contributed by atoms with E-state index in [-0.39, 0.29) is 11.0 Å². The molecule has 3 nitrogen and oxygen atoms in total. The lowest BCUT2D eigenvalue weighted by molar-refractivity contribution is 0.199. The zero-order chi connectivity index (χ0) is 13.8. The van der Waals surface area contributed by atoms with Gasteiger partial charge in [0, 0.05) is 10.6 Å². The maximum atomic E-state index is 11.6. The van der Waals surface area contributed by atoms with E-state index < -0.39 is 15.9 Å². The van der Waals surface area contributed by atoms with Crippen molar-refractivity contribution < 1.29 is 13.5 Å². The third-order valence-electron chi connectivity index (χ3n) is 2.72. The topological polar surface area (TPSA) is 54.4 Å². The summed E-state index contributed by atoms with van der Waals surface area (Å²) in [4.78, 5) is 1.03.